The zero-order valence-corrected chi connectivity index (χ0v) is 24.9. The summed E-state index contributed by atoms with van der Waals surface area (Å²) in [6, 6.07) is 58.9. The molecule has 2 heteroatoms. The maximum absolute atomic E-state index is 6.78. The van der Waals surface area contributed by atoms with Gasteiger partial charge in [0.1, 0.15) is 11.2 Å². The highest BCUT2D eigenvalue weighted by Crippen LogP contribution is 2.42. The van der Waals surface area contributed by atoms with Crippen LogP contribution in [0.2, 0.25) is 0 Å². The second-order valence-electron chi connectivity index (χ2n) is 12.1. The van der Waals surface area contributed by atoms with Crippen molar-refractivity contribution in [2.24, 2.45) is 0 Å². The molecule has 0 saturated heterocycles. The van der Waals surface area contributed by atoms with Crippen molar-refractivity contribution in [1.82, 2.24) is 4.57 Å². The first kappa shape index (κ1) is 25.2. The van der Waals surface area contributed by atoms with Gasteiger partial charge in [0.15, 0.2) is 0 Å². The fourth-order valence-electron chi connectivity index (χ4n) is 7.51. The van der Waals surface area contributed by atoms with Crippen LogP contribution >= 0.6 is 0 Å². The van der Waals surface area contributed by atoms with E-state index in [1.165, 1.54) is 49.0 Å². The number of furan rings is 1. The summed E-state index contributed by atoms with van der Waals surface area (Å²) in [5.74, 6) is 0. The topological polar surface area (TPSA) is 18.1 Å². The highest BCUT2D eigenvalue weighted by atomic mass is 16.3. The van der Waals surface area contributed by atoms with E-state index in [1.54, 1.807) is 0 Å². The Morgan fingerprint density at radius 3 is 1.72 bits per heavy atom. The molecule has 0 unspecified atom stereocenters. The molecule has 0 aliphatic heterocycles. The van der Waals surface area contributed by atoms with Crippen LogP contribution in [-0.2, 0) is 0 Å². The highest BCUT2D eigenvalue weighted by molar-refractivity contribution is 6.17. The summed E-state index contributed by atoms with van der Waals surface area (Å²) in [5.41, 5.74) is 9.94. The SMILES string of the molecule is c1ccc(-c2cccc3c2oc2c(-c4ccc5c(c4)c4ccccc4n5-c4cc5ccccc5c5ccccc45)cccc23)cc1. The summed E-state index contributed by atoms with van der Waals surface area (Å²) in [6.07, 6.45) is 0. The lowest BCUT2D eigenvalue weighted by Gasteiger charge is -2.14. The van der Waals surface area contributed by atoms with E-state index in [0.717, 1.165) is 44.2 Å². The molecular weight excluding hydrogens is 558 g/mol. The zero-order chi connectivity index (χ0) is 30.2. The van der Waals surface area contributed by atoms with Gasteiger partial charge in [0.2, 0.25) is 0 Å². The van der Waals surface area contributed by atoms with Gasteiger partial charge in [-0.25, -0.2) is 0 Å². The van der Waals surface area contributed by atoms with Crippen molar-refractivity contribution in [2.75, 3.05) is 0 Å². The van der Waals surface area contributed by atoms with Gasteiger partial charge in [-0.05, 0) is 51.6 Å². The second kappa shape index (κ2) is 9.69. The lowest BCUT2D eigenvalue weighted by atomic mass is 9.99. The van der Waals surface area contributed by atoms with E-state index >= 15 is 0 Å². The van der Waals surface area contributed by atoms with Crippen LogP contribution < -0.4 is 0 Å². The fourth-order valence-corrected chi connectivity index (χ4v) is 7.51. The van der Waals surface area contributed by atoms with Gasteiger partial charge >= 0.3 is 0 Å². The molecule has 0 fully saturated rings. The molecule has 214 valence electrons. The van der Waals surface area contributed by atoms with E-state index in [0.29, 0.717) is 0 Å². The number of rotatable bonds is 3. The van der Waals surface area contributed by atoms with Crippen molar-refractivity contribution >= 4 is 65.3 Å². The molecule has 0 N–H and O–H groups in total. The van der Waals surface area contributed by atoms with Crippen LogP contribution in [-0.4, -0.2) is 4.57 Å². The minimum absolute atomic E-state index is 0.921. The Morgan fingerprint density at radius 1 is 0.348 bits per heavy atom. The van der Waals surface area contributed by atoms with Gasteiger partial charge in [-0.15, -0.1) is 0 Å². The molecule has 0 bridgehead atoms. The van der Waals surface area contributed by atoms with E-state index in [1.807, 2.05) is 0 Å². The van der Waals surface area contributed by atoms with Crippen LogP contribution in [0.1, 0.15) is 0 Å². The Balaban J connectivity index is 1.23. The number of aromatic nitrogens is 1. The van der Waals surface area contributed by atoms with Crippen molar-refractivity contribution in [3.05, 3.63) is 164 Å². The molecule has 46 heavy (non-hydrogen) atoms. The minimum Gasteiger partial charge on any atom is -0.455 e. The molecule has 10 aromatic rings. The maximum atomic E-state index is 6.78. The average molecular weight is 586 g/mol. The lowest BCUT2D eigenvalue weighted by Crippen LogP contribution is -1.96. The average Bonchev–Trinajstić information content (AvgIpc) is 3.67. The molecule has 0 radical (unpaired) electrons. The van der Waals surface area contributed by atoms with Gasteiger partial charge in [0, 0.05) is 38.1 Å². The van der Waals surface area contributed by atoms with Gasteiger partial charge < -0.3 is 8.98 Å². The van der Waals surface area contributed by atoms with Crippen LogP contribution in [0.4, 0.5) is 0 Å². The summed E-state index contributed by atoms with van der Waals surface area (Å²) >= 11 is 0. The lowest BCUT2D eigenvalue weighted by molar-refractivity contribution is 0.671. The van der Waals surface area contributed by atoms with Gasteiger partial charge in [-0.3, -0.25) is 0 Å². The van der Waals surface area contributed by atoms with Gasteiger partial charge in [0.05, 0.1) is 16.7 Å². The predicted molar refractivity (Wildman–Crippen MR) is 194 cm³/mol. The molecule has 2 nitrogen and oxygen atoms in total. The molecule has 0 spiro atoms. The summed E-state index contributed by atoms with van der Waals surface area (Å²) in [6.45, 7) is 0. The quantitative estimate of drug-likeness (QED) is 0.189. The predicted octanol–water partition coefficient (Wildman–Crippen LogP) is 12.3. The Morgan fingerprint density at radius 2 is 0.935 bits per heavy atom. The molecule has 0 aliphatic rings. The molecule has 8 aromatic carbocycles. The van der Waals surface area contributed by atoms with Crippen LogP contribution in [0, 0.1) is 0 Å². The largest absolute Gasteiger partial charge is 0.455 e. The summed E-state index contributed by atoms with van der Waals surface area (Å²) in [4.78, 5) is 0. The number of hydrogen-bond acceptors (Lipinski definition) is 1. The van der Waals surface area contributed by atoms with E-state index in [-0.39, 0.29) is 0 Å². The number of hydrogen-bond donors (Lipinski definition) is 0. The first-order valence-electron chi connectivity index (χ1n) is 15.8. The molecule has 2 aromatic heterocycles. The highest BCUT2D eigenvalue weighted by Gasteiger charge is 2.19. The third-order valence-corrected chi connectivity index (χ3v) is 9.58. The van der Waals surface area contributed by atoms with Crippen molar-refractivity contribution in [1.29, 1.82) is 0 Å². The summed E-state index contributed by atoms with van der Waals surface area (Å²) < 4.78 is 9.22. The number of nitrogens with zero attached hydrogens (tertiary/aromatic N) is 1. The van der Waals surface area contributed by atoms with Crippen molar-refractivity contribution in [3.8, 4) is 27.9 Å². The van der Waals surface area contributed by atoms with E-state index in [9.17, 15) is 0 Å². The zero-order valence-electron chi connectivity index (χ0n) is 24.9. The molecular formula is C44H27NO. The summed E-state index contributed by atoms with van der Waals surface area (Å²) in [7, 11) is 0. The van der Waals surface area contributed by atoms with E-state index in [2.05, 4.69) is 168 Å². The van der Waals surface area contributed by atoms with Crippen LogP contribution in [0.15, 0.2) is 168 Å². The smallest absolute Gasteiger partial charge is 0.143 e. The minimum atomic E-state index is 0.921. The first-order chi connectivity index (χ1) is 22.8. The van der Waals surface area contributed by atoms with Crippen LogP contribution in [0.3, 0.4) is 0 Å². The standard InChI is InChI=1S/C44H27NO/c1-2-12-28(13-3-1)32-19-10-21-37-38-22-11-20-33(44(38)46-43(32)37)30-24-25-41-39(26-30)36-18-8-9-23-40(36)45(41)42-27-29-14-4-5-15-31(29)34-16-6-7-17-35(34)42/h1-27H. The molecule has 0 amide bonds. The van der Waals surface area contributed by atoms with Crippen molar-refractivity contribution < 1.29 is 4.42 Å². The van der Waals surface area contributed by atoms with Crippen molar-refractivity contribution in [2.45, 2.75) is 0 Å². The maximum Gasteiger partial charge on any atom is 0.143 e. The fraction of sp³-hybridized carbons (Fsp3) is 0. The van der Waals surface area contributed by atoms with Gasteiger partial charge in [-0.1, -0.05) is 140 Å². The molecule has 0 saturated carbocycles. The van der Waals surface area contributed by atoms with Gasteiger partial charge in [-0.2, -0.15) is 0 Å². The molecule has 10 rings (SSSR count). The van der Waals surface area contributed by atoms with Crippen LogP contribution in [0.25, 0.3) is 93.2 Å². The third kappa shape index (κ3) is 3.59. The van der Waals surface area contributed by atoms with E-state index in [4.69, 9.17) is 4.42 Å². The van der Waals surface area contributed by atoms with E-state index < -0.39 is 0 Å². The molecule has 0 aliphatic carbocycles. The number of fused-ring (bicyclic) bond motifs is 9. The summed E-state index contributed by atoms with van der Waals surface area (Å²) in [5, 5.41) is 9.76. The van der Waals surface area contributed by atoms with Crippen molar-refractivity contribution in [3.63, 3.8) is 0 Å². The Labute approximate surface area is 265 Å². The number of benzene rings is 8. The first-order valence-corrected chi connectivity index (χ1v) is 15.8. The Kier molecular flexibility index (Phi) is 5.31. The normalized spacial score (nSPS) is 11.9. The van der Waals surface area contributed by atoms with Crippen LogP contribution in [0.5, 0.6) is 0 Å². The number of para-hydroxylation sites is 3. The second-order valence-corrected chi connectivity index (χ2v) is 12.1. The molecule has 2 heterocycles. The van der Waals surface area contributed by atoms with Gasteiger partial charge in [0.25, 0.3) is 0 Å². The Hall–Kier alpha value is -6.12. The third-order valence-electron chi connectivity index (χ3n) is 9.58. The Bertz CT molecular complexity index is 2800. The monoisotopic (exact) mass is 585 g/mol. The molecule has 0 atom stereocenters.